The number of rotatable bonds is 4. The van der Waals surface area contributed by atoms with Gasteiger partial charge in [-0.05, 0) is 26.9 Å². The Balaban J connectivity index is 2.19. The van der Waals surface area contributed by atoms with E-state index in [0.29, 0.717) is 12.3 Å². The molecule has 0 saturated heterocycles. The zero-order valence-electron chi connectivity index (χ0n) is 9.16. The number of nitriles is 1. The highest BCUT2D eigenvalue weighted by Gasteiger charge is 2.29. The minimum absolute atomic E-state index is 0.525. The SMILES string of the molecule is CN(C)Cc1nc(C2CC2)c(CC#N)s1. The summed E-state index contributed by atoms with van der Waals surface area (Å²) in [5.74, 6) is 0.653. The molecule has 0 amide bonds. The van der Waals surface area contributed by atoms with E-state index in [2.05, 4.69) is 16.0 Å². The standard InChI is InChI=1S/C11H15N3S/c1-14(2)7-10-13-11(8-3-4-8)9(15-10)5-6-12/h8H,3-5,7H2,1-2H3. The molecule has 80 valence electrons. The fourth-order valence-electron chi connectivity index (χ4n) is 1.63. The lowest BCUT2D eigenvalue weighted by molar-refractivity contribution is 0.401. The first-order chi connectivity index (χ1) is 7.20. The van der Waals surface area contributed by atoms with Crippen LogP contribution >= 0.6 is 11.3 Å². The largest absolute Gasteiger partial charge is 0.303 e. The molecule has 0 bridgehead atoms. The van der Waals surface area contributed by atoms with Crippen LogP contribution in [-0.4, -0.2) is 24.0 Å². The van der Waals surface area contributed by atoms with Crippen LogP contribution in [0, 0.1) is 11.3 Å². The van der Waals surface area contributed by atoms with E-state index in [9.17, 15) is 0 Å². The molecule has 1 aliphatic rings. The van der Waals surface area contributed by atoms with Crippen LogP contribution in [0.25, 0.3) is 0 Å². The number of thiazole rings is 1. The Bertz CT molecular complexity index is 385. The van der Waals surface area contributed by atoms with Gasteiger partial charge in [0.15, 0.2) is 0 Å². The summed E-state index contributed by atoms with van der Waals surface area (Å²) in [6, 6.07) is 2.23. The number of hydrogen-bond donors (Lipinski definition) is 0. The van der Waals surface area contributed by atoms with Gasteiger partial charge in [-0.25, -0.2) is 4.98 Å². The van der Waals surface area contributed by atoms with E-state index in [-0.39, 0.29) is 0 Å². The van der Waals surface area contributed by atoms with Gasteiger partial charge in [0.25, 0.3) is 0 Å². The monoisotopic (exact) mass is 221 g/mol. The first-order valence-electron chi connectivity index (χ1n) is 5.21. The van der Waals surface area contributed by atoms with Crippen molar-refractivity contribution in [3.8, 4) is 6.07 Å². The Hall–Kier alpha value is -0.920. The average molecular weight is 221 g/mol. The Morgan fingerprint density at radius 3 is 2.80 bits per heavy atom. The average Bonchev–Trinajstić information content (AvgIpc) is 2.91. The Morgan fingerprint density at radius 2 is 2.27 bits per heavy atom. The minimum atomic E-state index is 0.525. The quantitative estimate of drug-likeness (QED) is 0.782. The lowest BCUT2D eigenvalue weighted by Crippen LogP contribution is -2.10. The molecule has 0 aliphatic heterocycles. The van der Waals surface area contributed by atoms with Crippen molar-refractivity contribution in [1.29, 1.82) is 5.26 Å². The molecule has 1 heterocycles. The van der Waals surface area contributed by atoms with Crippen molar-refractivity contribution < 1.29 is 0 Å². The molecule has 1 fully saturated rings. The van der Waals surface area contributed by atoms with Crippen LogP contribution in [0.15, 0.2) is 0 Å². The van der Waals surface area contributed by atoms with Crippen molar-refractivity contribution in [2.24, 2.45) is 0 Å². The molecule has 2 rings (SSSR count). The maximum absolute atomic E-state index is 8.76. The lowest BCUT2D eigenvalue weighted by Gasteiger charge is -2.04. The maximum Gasteiger partial charge on any atom is 0.107 e. The van der Waals surface area contributed by atoms with E-state index < -0.39 is 0 Å². The van der Waals surface area contributed by atoms with Crippen molar-refractivity contribution in [3.63, 3.8) is 0 Å². The molecule has 0 spiro atoms. The predicted molar refractivity (Wildman–Crippen MR) is 60.8 cm³/mol. The lowest BCUT2D eigenvalue weighted by atomic mass is 10.2. The van der Waals surface area contributed by atoms with Gasteiger partial charge < -0.3 is 4.90 Å². The number of aromatic nitrogens is 1. The second kappa shape index (κ2) is 4.30. The van der Waals surface area contributed by atoms with Gasteiger partial charge in [0.1, 0.15) is 5.01 Å². The van der Waals surface area contributed by atoms with E-state index in [0.717, 1.165) is 11.6 Å². The Labute approximate surface area is 94.4 Å². The van der Waals surface area contributed by atoms with Gasteiger partial charge in [0.05, 0.1) is 18.2 Å². The zero-order chi connectivity index (χ0) is 10.8. The molecular weight excluding hydrogens is 206 g/mol. The van der Waals surface area contributed by atoms with Crippen LogP contribution in [0.2, 0.25) is 0 Å². The number of nitrogens with zero attached hydrogens (tertiary/aromatic N) is 3. The van der Waals surface area contributed by atoms with Gasteiger partial charge in [-0.1, -0.05) is 0 Å². The molecule has 4 heteroatoms. The van der Waals surface area contributed by atoms with Crippen LogP contribution in [0.4, 0.5) is 0 Å². The molecule has 0 radical (unpaired) electrons. The molecule has 1 saturated carbocycles. The molecule has 0 aromatic carbocycles. The summed E-state index contributed by atoms with van der Waals surface area (Å²) in [6.07, 6.45) is 3.03. The van der Waals surface area contributed by atoms with Crippen LogP contribution in [0.1, 0.15) is 34.3 Å². The summed E-state index contributed by atoms with van der Waals surface area (Å²) in [5, 5.41) is 9.90. The first-order valence-corrected chi connectivity index (χ1v) is 6.02. The van der Waals surface area contributed by atoms with Crippen molar-refractivity contribution >= 4 is 11.3 Å². The van der Waals surface area contributed by atoms with Gasteiger partial charge in [-0.3, -0.25) is 0 Å². The molecule has 15 heavy (non-hydrogen) atoms. The van der Waals surface area contributed by atoms with E-state index in [1.165, 1.54) is 23.4 Å². The summed E-state index contributed by atoms with van der Waals surface area (Å²) in [5.41, 5.74) is 1.21. The van der Waals surface area contributed by atoms with Gasteiger partial charge in [0.2, 0.25) is 0 Å². The maximum atomic E-state index is 8.76. The van der Waals surface area contributed by atoms with Crippen molar-refractivity contribution in [3.05, 3.63) is 15.6 Å². The molecule has 0 atom stereocenters. The normalized spacial score (nSPS) is 15.6. The predicted octanol–water partition coefficient (Wildman–Crippen LogP) is 2.15. The summed E-state index contributed by atoms with van der Waals surface area (Å²) in [4.78, 5) is 7.96. The Morgan fingerprint density at radius 1 is 1.53 bits per heavy atom. The molecule has 0 N–H and O–H groups in total. The molecule has 1 aliphatic carbocycles. The van der Waals surface area contributed by atoms with Gasteiger partial charge in [-0.15, -0.1) is 11.3 Å². The molecule has 1 aromatic heterocycles. The molecule has 3 nitrogen and oxygen atoms in total. The van der Waals surface area contributed by atoms with Crippen LogP contribution in [-0.2, 0) is 13.0 Å². The third kappa shape index (κ3) is 2.55. The summed E-state index contributed by atoms with van der Waals surface area (Å²) >= 11 is 1.71. The third-order valence-corrected chi connectivity index (χ3v) is 3.48. The topological polar surface area (TPSA) is 39.9 Å². The van der Waals surface area contributed by atoms with Gasteiger partial charge >= 0.3 is 0 Å². The zero-order valence-corrected chi connectivity index (χ0v) is 9.97. The fourth-order valence-corrected chi connectivity index (χ4v) is 2.83. The highest BCUT2D eigenvalue weighted by Crippen LogP contribution is 2.42. The van der Waals surface area contributed by atoms with E-state index in [4.69, 9.17) is 5.26 Å². The van der Waals surface area contributed by atoms with Crippen LogP contribution in [0.5, 0.6) is 0 Å². The van der Waals surface area contributed by atoms with Crippen molar-refractivity contribution in [2.45, 2.75) is 31.7 Å². The van der Waals surface area contributed by atoms with Crippen molar-refractivity contribution in [1.82, 2.24) is 9.88 Å². The van der Waals surface area contributed by atoms with Crippen molar-refractivity contribution in [2.75, 3.05) is 14.1 Å². The number of hydrogen-bond acceptors (Lipinski definition) is 4. The van der Waals surface area contributed by atoms with Gasteiger partial charge in [0, 0.05) is 17.3 Å². The smallest absolute Gasteiger partial charge is 0.107 e. The van der Waals surface area contributed by atoms with E-state index in [1.54, 1.807) is 11.3 Å². The second-order valence-electron chi connectivity index (χ2n) is 4.26. The van der Waals surface area contributed by atoms with Crippen LogP contribution in [0.3, 0.4) is 0 Å². The fraction of sp³-hybridized carbons (Fsp3) is 0.636. The molecule has 0 unspecified atom stereocenters. The van der Waals surface area contributed by atoms with E-state index in [1.807, 2.05) is 14.1 Å². The summed E-state index contributed by atoms with van der Waals surface area (Å²) in [7, 11) is 4.09. The third-order valence-electron chi connectivity index (χ3n) is 2.43. The van der Waals surface area contributed by atoms with Crippen LogP contribution < -0.4 is 0 Å². The molecule has 1 aromatic rings. The highest BCUT2D eigenvalue weighted by atomic mass is 32.1. The minimum Gasteiger partial charge on any atom is -0.303 e. The molecular formula is C11H15N3S. The van der Waals surface area contributed by atoms with E-state index >= 15 is 0 Å². The highest BCUT2D eigenvalue weighted by molar-refractivity contribution is 7.11. The summed E-state index contributed by atoms with van der Waals surface area (Å²) < 4.78 is 0. The first kappa shape index (κ1) is 10.6. The second-order valence-corrected chi connectivity index (χ2v) is 5.43. The summed E-state index contributed by atoms with van der Waals surface area (Å²) in [6.45, 7) is 0.885. The Kier molecular flexibility index (Phi) is 3.03. The van der Waals surface area contributed by atoms with Gasteiger partial charge in [-0.2, -0.15) is 5.26 Å².